The van der Waals surface area contributed by atoms with E-state index >= 15 is 0 Å². The van der Waals surface area contributed by atoms with Crippen molar-refractivity contribution in [3.63, 3.8) is 0 Å². The number of nitrogens with one attached hydrogen (secondary N) is 1. The van der Waals surface area contributed by atoms with Crippen LogP contribution in [0, 0.1) is 0 Å². The van der Waals surface area contributed by atoms with Gasteiger partial charge in [0.05, 0.1) is 16.8 Å². The van der Waals surface area contributed by atoms with Crippen molar-refractivity contribution >= 4 is 38.4 Å². The van der Waals surface area contributed by atoms with E-state index in [0.29, 0.717) is 15.9 Å². The van der Waals surface area contributed by atoms with Gasteiger partial charge in [-0.05, 0) is 18.2 Å². The fourth-order valence-electron chi connectivity index (χ4n) is 1.48. The number of nitrogens with zero attached hydrogens (tertiary/aromatic N) is 1. The standard InChI is InChI=1S/C11H9ClN2O3S/c1-18(16,17)14-11(15)7-2-3-8-9(12)4-5-13-10(8)6-7/h2-6H,1H3,(H,14,15). The van der Waals surface area contributed by atoms with Gasteiger partial charge in [-0.1, -0.05) is 17.7 Å². The number of sulfonamides is 1. The lowest BCUT2D eigenvalue weighted by Crippen LogP contribution is -2.29. The van der Waals surface area contributed by atoms with Crippen molar-refractivity contribution in [3.05, 3.63) is 41.0 Å². The van der Waals surface area contributed by atoms with Crippen LogP contribution in [0.15, 0.2) is 30.5 Å². The van der Waals surface area contributed by atoms with Gasteiger partial charge in [0.15, 0.2) is 0 Å². The van der Waals surface area contributed by atoms with Gasteiger partial charge in [-0.2, -0.15) is 0 Å². The number of benzene rings is 1. The van der Waals surface area contributed by atoms with Crippen molar-refractivity contribution in [2.24, 2.45) is 0 Å². The Kier molecular flexibility index (Phi) is 3.23. The van der Waals surface area contributed by atoms with E-state index in [4.69, 9.17) is 11.6 Å². The highest BCUT2D eigenvalue weighted by Gasteiger charge is 2.12. The zero-order chi connectivity index (χ0) is 13.3. The van der Waals surface area contributed by atoms with Crippen LogP contribution >= 0.6 is 11.6 Å². The molecule has 0 aliphatic rings. The first-order valence-corrected chi connectivity index (χ1v) is 7.20. The molecule has 0 spiro atoms. The van der Waals surface area contributed by atoms with Crippen LogP contribution in [0.25, 0.3) is 10.9 Å². The highest BCUT2D eigenvalue weighted by molar-refractivity contribution is 7.89. The minimum absolute atomic E-state index is 0.211. The van der Waals surface area contributed by atoms with Gasteiger partial charge in [0.1, 0.15) is 0 Å². The third kappa shape index (κ3) is 2.77. The molecule has 0 aliphatic carbocycles. The molecule has 5 nitrogen and oxygen atoms in total. The molecular weight excluding hydrogens is 276 g/mol. The van der Waals surface area contributed by atoms with Crippen molar-refractivity contribution in [2.75, 3.05) is 6.26 Å². The second-order valence-electron chi connectivity index (χ2n) is 3.73. The number of halogens is 1. The molecule has 0 radical (unpaired) electrons. The van der Waals surface area contributed by atoms with E-state index in [1.807, 2.05) is 4.72 Å². The summed E-state index contributed by atoms with van der Waals surface area (Å²) >= 11 is 5.96. The average Bonchev–Trinajstić information content (AvgIpc) is 2.26. The average molecular weight is 285 g/mol. The molecule has 0 unspecified atom stereocenters. The summed E-state index contributed by atoms with van der Waals surface area (Å²) in [7, 11) is -3.58. The van der Waals surface area contributed by atoms with Gasteiger partial charge in [0, 0.05) is 17.1 Å². The Bertz CT molecular complexity index is 728. The van der Waals surface area contributed by atoms with Crippen molar-refractivity contribution in [1.29, 1.82) is 0 Å². The molecule has 1 heterocycles. The Hall–Kier alpha value is -1.66. The Morgan fingerprint density at radius 3 is 2.72 bits per heavy atom. The Balaban J connectivity index is 2.45. The number of carbonyl (C=O) groups excluding carboxylic acids is 1. The molecule has 0 saturated heterocycles. The number of fused-ring (bicyclic) bond motifs is 1. The molecule has 2 aromatic rings. The van der Waals surface area contributed by atoms with Gasteiger partial charge in [-0.15, -0.1) is 0 Å². The van der Waals surface area contributed by atoms with Gasteiger partial charge < -0.3 is 0 Å². The molecule has 1 aromatic carbocycles. The Morgan fingerprint density at radius 1 is 1.33 bits per heavy atom. The molecule has 0 bridgehead atoms. The van der Waals surface area contributed by atoms with E-state index in [9.17, 15) is 13.2 Å². The Morgan fingerprint density at radius 2 is 2.06 bits per heavy atom. The first-order chi connectivity index (χ1) is 8.37. The number of pyridine rings is 1. The summed E-state index contributed by atoms with van der Waals surface area (Å²) in [6.45, 7) is 0. The second kappa shape index (κ2) is 4.55. The maximum absolute atomic E-state index is 11.6. The summed E-state index contributed by atoms with van der Waals surface area (Å²) in [5, 5.41) is 1.23. The van der Waals surface area contributed by atoms with Crippen LogP contribution in [0.5, 0.6) is 0 Å². The van der Waals surface area contributed by atoms with E-state index < -0.39 is 15.9 Å². The Labute approximate surface area is 109 Å². The summed E-state index contributed by atoms with van der Waals surface area (Å²) in [6.07, 6.45) is 2.43. The van der Waals surface area contributed by atoms with Gasteiger partial charge >= 0.3 is 0 Å². The van der Waals surface area contributed by atoms with Gasteiger partial charge in [0.2, 0.25) is 10.0 Å². The molecule has 0 aliphatic heterocycles. The zero-order valence-electron chi connectivity index (χ0n) is 9.34. The molecular formula is C11H9ClN2O3S. The van der Waals surface area contributed by atoms with Gasteiger partial charge in [-0.25, -0.2) is 13.1 Å². The molecule has 7 heteroatoms. The monoisotopic (exact) mass is 284 g/mol. The summed E-state index contributed by atoms with van der Waals surface area (Å²) < 4.78 is 23.8. The van der Waals surface area contributed by atoms with Crippen molar-refractivity contribution in [3.8, 4) is 0 Å². The smallest absolute Gasteiger partial charge is 0.264 e. The largest absolute Gasteiger partial charge is 0.268 e. The highest BCUT2D eigenvalue weighted by atomic mass is 35.5. The SMILES string of the molecule is CS(=O)(=O)NC(=O)c1ccc2c(Cl)ccnc2c1. The van der Waals surface area contributed by atoms with Gasteiger partial charge in [0.25, 0.3) is 5.91 Å². The predicted octanol–water partition coefficient (Wildman–Crippen LogP) is 1.58. The molecule has 94 valence electrons. The summed E-state index contributed by atoms with van der Waals surface area (Å²) in [5.74, 6) is -0.693. The second-order valence-corrected chi connectivity index (χ2v) is 5.88. The van der Waals surface area contributed by atoms with Crippen LogP contribution in [0.4, 0.5) is 0 Å². The predicted molar refractivity (Wildman–Crippen MR) is 69.1 cm³/mol. The maximum atomic E-state index is 11.6. The first kappa shape index (κ1) is 12.8. The van der Waals surface area contributed by atoms with Gasteiger partial charge in [-0.3, -0.25) is 9.78 Å². The summed E-state index contributed by atoms with van der Waals surface area (Å²) in [5.41, 5.74) is 0.742. The van der Waals surface area contributed by atoms with Crippen LogP contribution in [0.1, 0.15) is 10.4 Å². The number of aromatic nitrogens is 1. The quantitative estimate of drug-likeness (QED) is 0.908. The molecule has 1 amide bonds. The van der Waals surface area contributed by atoms with Crippen molar-refractivity contribution in [2.45, 2.75) is 0 Å². The topological polar surface area (TPSA) is 76.1 Å². The number of hydrogen-bond donors (Lipinski definition) is 1. The van der Waals surface area contributed by atoms with Crippen LogP contribution in [0.3, 0.4) is 0 Å². The summed E-state index contributed by atoms with van der Waals surface area (Å²) in [6, 6.07) is 6.25. The van der Waals surface area contributed by atoms with E-state index in [1.165, 1.54) is 18.3 Å². The van der Waals surface area contributed by atoms with Crippen LogP contribution in [-0.2, 0) is 10.0 Å². The van der Waals surface area contributed by atoms with E-state index in [2.05, 4.69) is 4.98 Å². The lowest BCUT2D eigenvalue weighted by atomic mass is 10.1. The number of amides is 1. The molecule has 1 N–H and O–H groups in total. The number of hydrogen-bond acceptors (Lipinski definition) is 4. The van der Waals surface area contributed by atoms with Crippen LogP contribution in [0.2, 0.25) is 5.02 Å². The number of rotatable bonds is 2. The minimum Gasteiger partial charge on any atom is -0.268 e. The molecule has 18 heavy (non-hydrogen) atoms. The minimum atomic E-state index is -3.58. The van der Waals surface area contributed by atoms with E-state index in [0.717, 1.165) is 6.26 Å². The van der Waals surface area contributed by atoms with Crippen molar-refractivity contribution in [1.82, 2.24) is 9.71 Å². The summed E-state index contributed by atoms with van der Waals surface area (Å²) in [4.78, 5) is 15.7. The van der Waals surface area contributed by atoms with Crippen LogP contribution < -0.4 is 4.72 Å². The molecule has 2 rings (SSSR count). The van der Waals surface area contributed by atoms with Crippen molar-refractivity contribution < 1.29 is 13.2 Å². The normalized spacial score (nSPS) is 11.4. The van der Waals surface area contributed by atoms with Crippen LogP contribution in [-0.4, -0.2) is 25.6 Å². The fourth-order valence-corrected chi connectivity index (χ4v) is 2.15. The third-order valence-corrected chi connectivity index (χ3v) is 3.12. The lowest BCUT2D eigenvalue weighted by Gasteiger charge is -2.04. The third-order valence-electron chi connectivity index (χ3n) is 2.23. The molecule has 1 aromatic heterocycles. The van der Waals surface area contributed by atoms with E-state index in [-0.39, 0.29) is 5.56 Å². The first-order valence-electron chi connectivity index (χ1n) is 4.93. The van der Waals surface area contributed by atoms with E-state index in [1.54, 1.807) is 12.1 Å². The zero-order valence-corrected chi connectivity index (χ0v) is 10.9. The lowest BCUT2D eigenvalue weighted by molar-refractivity contribution is 0.0982. The molecule has 0 fully saturated rings. The fraction of sp³-hybridized carbons (Fsp3) is 0.0909. The molecule has 0 saturated carbocycles. The highest BCUT2D eigenvalue weighted by Crippen LogP contribution is 2.22. The molecule has 0 atom stereocenters. The number of carbonyl (C=O) groups is 1. The maximum Gasteiger partial charge on any atom is 0.264 e.